The number of carbonyl (C=O) groups is 1. The molecular weight excluding hydrogens is 250 g/mol. The molecule has 7 heteroatoms. The van der Waals surface area contributed by atoms with E-state index in [1.165, 1.54) is 11.8 Å². The monoisotopic (exact) mass is 269 g/mol. The Morgan fingerprint density at radius 2 is 2.22 bits per heavy atom. The molecule has 1 aliphatic carbocycles. The molecule has 0 saturated heterocycles. The van der Waals surface area contributed by atoms with Gasteiger partial charge >= 0.3 is 0 Å². The number of nitrogens with zero attached hydrogens (tertiary/aromatic N) is 4. The van der Waals surface area contributed by atoms with Crippen LogP contribution < -0.4 is 5.32 Å². The summed E-state index contributed by atoms with van der Waals surface area (Å²) in [5.74, 6) is 0.840. The van der Waals surface area contributed by atoms with Crippen molar-refractivity contribution in [3.63, 3.8) is 0 Å². The molecule has 0 aliphatic heterocycles. The first-order chi connectivity index (χ1) is 8.58. The van der Waals surface area contributed by atoms with Crippen LogP contribution in [-0.2, 0) is 4.79 Å². The summed E-state index contributed by atoms with van der Waals surface area (Å²) < 4.78 is 1.82. The first-order valence-electron chi connectivity index (χ1n) is 6.28. The van der Waals surface area contributed by atoms with Gasteiger partial charge in [-0.2, -0.15) is 0 Å². The Hall–Kier alpha value is -1.11. The predicted molar refractivity (Wildman–Crippen MR) is 69.3 cm³/mol. The molecule has 1 atom stereocenters. The number of hydrogen-bond acceptors (Lipinski definition) is 5. The highest BCUT2D eigenvalue weighted by molar-refractivity contribution is 7.99. The molecule has 100 valence electrons. The predicted octanol–water partition coefficient (Wildman–Crippen LogP) is 1.26. The van der Waals surface area contributed by atoms with Gasteiger partial charge in [-0.05, 0) is 36.1 Å². The van der Waals surface area contributed by atoms with Crippen LogP contribution in [0.25, 0.3) is 0 Å². The van der Waals surface area contributed by atoms with Gasteiger partial charge in [-0.1, -0.05) is 25.6 Å². The second-order valence-electron chi connectivity index (χ2n) is 5.03. The third kappa shape index (κ3) is 3.44. The van der Waals surface area contributed by atoms with E-state index in [0.717, 1.165) is 18.0 Å². The van der Waals surface area contributed by atoms with Crippen LogP contribution in [0.4, 0.5) is 0 Å². The van der Waals surface area contributed by atoms with Crippen molar-refractivity contribution in [2.45, 2.75) is 50.9 Å². The summed E-state index contributed by atoms with van der Waals surface area (Å²) in [6.07, 6.45) is 2.27. The minimum Gasteiger partial charge on any atom is -0.353 e. The number of thioether (sulfide) groups is 1. The van der Waals surface area contributed by atoms with Crippen molar-refractivity contribution in [2.24, 2.45) is 5.92 Å². The van der Waals surface area contributed by atoms with Crippen molar-refractivity contribution in [2.75, 3.05) is 5.75 Å². The Morgan fingerprint density at radius 1 is 1.50 bits per heavy atom. The van der Waals surface area contributed by atoms with Gasteiger partial charge in [0.25, 0.3) is 0 Å². The maximum absolute atomic E-state index is 11.7. The molecule has 1 aliphatic rings. The normalized spacial score (nSPS) is 16.9. The van der Waals surface area contributed by atoms with Gasteiger partial charge < -0.3 is 5.32 Å². The zero-order valence-electron chi connectivity index (χ0n) is 11.0. The van der Waals surface area contributed by atoms with E-state index >= 15 is 0 Å². The Balaban J connectivity index is 1.80. The van der Waals surface area contributed by atoms with Gasteiger partial charge in [0.2, 0.25) is 11.1 Å². The van der Waals surface area contributed by atoms with Crippen molar-refractivity contribution in [3.05, 3.63) is 0 Å². The molecule has 1 saturated carbocycles. The van der Waals surface area contributed by atoms with Crippen LogP contribution in [0.2, 0.25) is 0 Å². The van der Waals surface area contributed by atoms with Gasteiger partial charge in [-0.25, -0.2) is 4.68 Å². The molecule has 1 N–H and O–H groups in total. The molecule has 0 bridgehead atoms. The summed E-state index contributed by atoms with van der Waals surface area (Å²) >= 11 is 1.40. The Kier molecular flexibility index (Phi) is 4.21. The van der Waals surface area contributed by atoms with E-state index in [4.69, 9.17) is 0 Å². The average molecular weight is 269 g/mol. The van der Waals surface area contributed by atoms with E-state index in [0.29, 0.717) is 17.7 Å². The second-order valence-corrected chi connectivity index (χ2v) is 5.97. The van der Waals surface area contributed by atoms with Crippen LogP contribution >= 0.6 is 11.8 Å². The van der Waals surface area contributed by atoms with Crippen molar-refractivity contribution >= 4 is 17.7 Å². The zero-order valence-corrected chi connectivity index (χ0v) is 11.8. The smallest absolute Gasteiger partial charge is 0.230 e. The lowest BCUT2D eigenvalue weighted by Crippen LogP contribution is -2.37. The summed E-state index contributed by atoms with van der Waals surface area (Å²) in [7, 11) is 0. The summed E-state index contributed by atoms with van der Waals surface area (Å²) in [6.45, 7) is 6.19. The van der Waals surface area contributed by atoms with Crippen LogP contribution in [0.15, 0.2) is 5.16 Å². The fourth-order valence-electron chi connectivity index (χ4n) is 1.42. The van der Waals surface area contributed by atoms with Crippen LogP contribution in [0.3, 0.4) is 0 Å². The molecule has 1 amide bonds. The minimum absolute atomic E-state index is 0.0338. The van der Waals surface area contributed by atoms with Gasteiger partial charge in [0.1, 0.15) is 0 Å². The summed E-state index contributed by atoms with van der Waals surface area (Å²) in [6, 6.07) is 0.637. The highest BCUT2D eigenvalue weighted by atomic mass is 32.2. The molecule has 1 aromatic heterocycles. The van der Waals surface area contributed by atoms with E-state index < -0.39 is 0 Å². The topological polar surface area (TPSA) is 72.7 Å². The number of carbonyl (C=O) groups excluding carboxylic acids is 1. The molecule has 1 aromatic rings. The number of aromatic nitrogens is 4. The van der Waals surface area contributed by atoms with Crippen molar-refractivity contribution in [1.82, 2.24) is 25.5 Å². The number of tetrazole rings is 1. The fourth-order valence-corrected chi connectivity index (χ4v) is 2.18. The van der Waals surface area contributed by atoms with Crippen LogP contribution in [0.5, 0.6) is 0 Å². The lowest BCUT2D eigenvalue weighted by molar-refractivity contribution is -0.119. The van der Waals surface area contributed by atoms with E-state index in [1.54, 1.807) is 0 Å². The molecular formula is C11H19N5OS. The highest BCUT2D eigenvalue weighted by Gasteiger charge is 2.28. The van der Waals surface area contributed by atoms with E-state index in [9.17, 15) is 4.79 Å². The molecule has 0 aromatic carbocycles. The first-order valence-corrected chi connectivity index (χ1v) is 7.26. The van der Waals surface area contributed by atoms with Crippen LogP contribution in [0.1, 0.15) is 39.7 Å². The maximum Gasteiger partial charge on any atom is 0.230 e. The standard InChI is InChI=1S/C11H19N5OS/c1-7(2)8(3)12-10(17)6-18-11-13-14-15-16(11)9-4-5-9/h7-9H,4-6H2,1-3H3,(H,12,17). The number of amides is 1. The SMILES string of the molecule is CC(C)C(C)NC(=O)CSc1nnnn1C1CC1. The molecule has 18 heavy (non-hydrogen) atoms. The highest BCUT2D eigenvalue weighted by Crippen LogP contribution is 2.36. The molecule has 1 heterocycles. The number of nitrogens with one attached hydrogen (secondary N) is 1. The van der Waals surface area contributed by atoms with E-state index in [-0.39, 0.29) is 11.9 Å². The average Bonchev–Trinajstić information content (AvgIpc) is 3.05. The third-order valence-corrected chi connectivity index (χ3v) is 4.01. The molecule has 0 radical (unpaired) electrons. The van der Waals surface area contributed by atoms with Gasteiger partial charge in [-0.3, -0.25) is 4.79 Å². The molecule has 0 spiro atoms. The van der Waals surface area contributed by atoms with Gasteiger partial charge in [-0.15, -0.1) is 5.10 Å². The summed E-state index contributed by atoms with van der Waals surface area (Å²) in [5.41, 5.74) is 0. The Labute approximate surface area is 111 Å². The Morgan fingerprint density at radius 3 is 2.83 bits per heavy atom. The van der Waals surface area contributed by atoms with E-state index in [1.807, 2.05) is 11.6 Å². The van der Waals surface area contributed by atoms with Crippen molar-refractivity contribution < 1.29 is 4.79 Å². The van der Waals surface area contributed by atoms with Gasteiger partial charge in [0, 0.05) is 6.04 Å². The molecule has 6 nitrogen and oxygen atoms in total. The number of hydrogen-bond donors (Lipinski definition) is 1. The molecule has 1 unspecified atom stereocenters. The first kappa shape index (κ1) is 13.3. The minimum atomic E-state index is 0.0338. The van der Waals surface area contributed by atoms with Gasteiger partial charge in [0.05, 0.1) is 11.8 Å². The molecule has 1 fully saturated rings. The van der Waals surface area contributed by atoms with Crippen molar-refractivity contribution in [1.29, 1.82) is 0 Å². The van der Waals surface area contributed by atoms with Gasteiger partial charge in [0.15, 0.2) is 0 Å². The lowest BCUT2D eigenvalue weighted by atomic mass is 10.1. The second kappa shape index (κ2) is 5.69. The summed E-state index contributed by atoms with van der Waals surface area (Å²) in [5, 5.41) is 15.3. The Bertz CT molecular complexity index is 415. The largest absolute Gasteiger partial charge is 0.353 e. The quantitative estimate of drug-likeness (QED) is 0.787. The fraction of sp³-hybridized carbons (Fsp3) is 0.818. The van der Waals surface area contributed by atoms with Crippen LogP contribution in [0, 0.1) is 5.92 Å². The number of rotatable bonds is 6. The maximum atomic E-state index is 11.7. The zero-order chi connectivity index (χ0) is 13.1. The third-order valence-electron chi connectivity index (χ3n) is 3.08. The summed E-state index contributed by atoms with van der Waals surface area (Å²) in [4.78, 5) is 11.7. The van der Waals surface area contributed by atoms with E-state index in [2.05, 4.69) is 34.7 Å². The van der Waals surface area contributed by atoms with Crippen LogP contribution in [-0.4, -0.2) is 37.9 Å². The lowest BCUT2D eigenvalue weighted by Gasteiger charge is -2.16. The van der Waals surface area contributed by atoms with Crippen molar-refractivity contribution in [3.8, 4) is 0 Å². The molecule has 2 rings (SSSR count).